The van der Waals surface area contributed by atoms with E-state index in [1.165, 1.54) is 0 Å². The molecule has 0 spiro atoms. The number of anilines is 1. The maximum Gasteiger partial charge on any atom is 0.238 e. The molecular weight excluding hydrogens is 206 g/mol. The van der Waals surface area contributed by atoms with Gasteiger partial charge in [-0.1, -0.05) is 18.2 Å². The first-order valence-corrected chi connectivity index (χ1v) is 4.95. The van der Waals surface area contributed by atoms with Crippen LogP contribution in [0.25, 0.3) is 0 Å². The van der Waals surface area contributed by atoms with Crippen LogP contribution in [0.3, 0.4) is 0 Å². The topological polar surface area (TPSA) is 84.2 Å². The van der Waals surface area contributed by atoms with Gasteiger partial charge in [0, 0.05) is 12.7 Å². The Bertz CT molecular complexity index is 354. The van der Waals surface area contributed by atoms with Crippen molar-refractivity contribution in [1.29, 1.82) is 0 Å². The summed E-state index contributed by atoms with van der Waals surface area (Å²) in [7, 11) is 1.57. The van der Waals surface area contributed by atoms with Gasteiger partial charge in [0.15, 0.2) is 0 Å². The monoisotopic (exact) mass is 221 g/mol. The Labute approximate surface area is 94.0 Å². The van der Waals surface area contributed by atoms with Gasteiger partial charge in [-0.3, -0.25) is 9.59 Å². The lowest BCUT2D eigenvalue weighted by atomic mass is 10.1. The molecule has 0 aliphatic carbocycles. The van der Waals surface area contributed by atoms with Gasteiger partial charge in [0.25, 0.3) is 0 Å². The fourth-order valence-corrected chi connectivity index (χ4v) is 1.26. The summed E-state index contributed by atoms with van der Waals surface area (Å²) in [5.74, 6) is -0.376. The zero-order valence-corrected chi connectivity index (χ0v) is 9.12. The summed E-state index contributed by atoms with van der Waals surface area (Å²) in [6, 6.07) is 7.14. The average molecular weight is 221 g/mol. The van der Waals surface area contributed by atoms with Crippen LogP contribution in [-0.2, 0) is 16.0 Å². The van der Waals surface area contributed by atoms with Gasteiger partial charge in [-0.05, 0) is 11.6 Å². The van der Waals surface area contributed by atoms with Gasteiger partial charge < -0.3 is 16.4 Å². The fraction of sp³-hybridized carbons (Fsp3) is 0.273. The Morgan fingerprint density at radius 1 is 1.25 bits per heavy atom. The molecule has 86 valence electrons. The number of benzene rings is 1. The molecule has 1 aromatic rings. The third-order valence-electron chi connectivity index (χ3n) is 2.11. The zero-order chi connectivity index (χ0) is 12.0. The van der Waals surface area contributed by atoms with Gasteiger partial charge in [0.1, 0.15) is 0 Å². The summed E-state index contributed by atoms with van der Waals surface area (Å²) in [6.07, 6.45) is 0.234. The molecule has 1 aromatic carbocycles. The van der Waals surface area contributed by atoms with Gasteiger partial charge in [0.2, 0.25) is 11.8 Å². The van der Waals surface area contributed by atoms with Crippen molar-refractivity contribution in [2.75, 3.05) is 18.9 Å². The highest BCUT2D eigenvalue weighted by molar-refractivity contribution is 5.93. The van der Waals surface area contributed by atoms with Crippen LogP contribution in [-0.4, -0.2) is 25.4 Å². The molecule has 5 nitrogen and oxygen atoms in total. The Balaban J connectivity index is 2.83. The predicted molar refractivity (Wildman–Crippen MR) is 61.9 cm³/mol. The Hall–Kier alpha value is -1.88. The third kappa shape index (κ3) is 3.36. The molecule has 1 rings (SSSR count). The molecule has 0 radical (unpaired) electrons. The van der Waals surface area contributed by atoms with Gasteiger partial charge in [-0.2, -0.15) is 0 Å². The quantitative estimate of drug-likeness (QED) is 0.662. The number of carbonyl (C=O) groups excluding carboxylic acids is 2. The minimum absolute atomic E-state index is 0.0751. The first kappa shape index (κ1) is 12.2. The second-order valence-corrected chi connectivity index (χ2v) is 3.26. The van der Waals surface area contributed by atoms with Crippen LogP contribution < -0.4 is 16.4 Å². The van der Waals surface area contributed by atoms with Gasteiger partial charge >= 0.3 is 0 Å². The van der Waals surface area contributed by atoms with E-state index in [4.69, 9.17) is 5.73 Å². The molecule has 0 aliphatic rings. The van der Waals surface area contributed by atoms with Crippen molar-refractivity contribution >= 4 is 17.5 Å². The van der Waals surface area contributed by atoms with E-state index >= 15 is 0 Å². The standard InChI is InChI=1S/C11H15N3O2/c1-13-10(15)6-8-4-2-3-5-9(8)14-11(16)7-12/h2-5H,6-7,12H2,1H3,(H,13,15)(H,14,16). The molecule has 2 amide bonds. The zero-order valence-electron chi connectivity index (χ0n) is 9.12. The largest absolute Gasteiger partial charge is 0.359 e. The molecule has 0 unspecified atom stereocenters. The molecule has 0 atom stereocenters. The molecular formula is C11H15N3O2. The maximum absolute atomic E-state index is 11.2. The number of hydrogen-bond donors (Lipinski definition) is 3. The first-order valence-electron chi connectivity index (χ1n) is 4.95. The fourth-order valence-electron chi connectivity index (χ4n) is 1.26. The molecule has 0 saturated carbocycles. The lowest BCUT2D eigenvalue weighted by Gasteiger charge is -2.09. The van der Waals surface area contributed by atoms with E-state index in [-0.39, 0.29) is 24.8 Å². The summed E-state index contributed by atoms with van der Waals surface area (Å²) >= 11 is 0. The highest BCUT2D eigenvalue weighted by Crippen LogP contribution is 2.15. The summed E-state index contributed by atoms with van der Waals surface area (Å²) < 4.78 is 0. The van der Waals surface area contributed by atoms with Crippen molar-refractivity contribution in [3.8, 4) is 0 Å². The molecule has 0 saturated heterocycles. The summed E-state index contributed by atoms with van der Waals surface area (Å²) in [4.78, 5) is 22.4. The Morgan fingerprint density at radius 2 is 1.94 bits per heavy atom. The number of amides is 2. The van der Waals surface area contributed by atoms with Crippen LogP contribution in [0.15, 0.2) is 24.3 Å². The molecule has 0 aromatic heterocycles. The maximum atomic E-state index is 11.2. The van der Waals surface area contributed by atoms with Crippen LogP contribution >= 0.6 is 0 Å². The predicted octanol–water partition coefficient (Wildman–Crippen LogP) is -0.128. The van der Waals surface area contributed by atoms with E-state index in [1.54, 1.807) is 25.2 Å². The molecule has 4 N–H and O–H groups in total. The number of nitrogens with one attached hydrogen (secondary N) is 2. The number of nitrogens with two attached hydrogens (primary N) is 1. The van der Waals surface area contributed by atoms with Crippen LogP contribution in [0.1, 0.15) is 5.56 Å². The molecule has 16 heavy (non-hydrogen) atoms. The van der Waals surface area contributed by atoms with E-state index in [2.05, 4.69) is 10.6 Å². The molecule has 0 fully saturated rings. The van der Waals surface area contributed by atoms with Crippen molar-refractivity contribution < 1.29 is 9.59 Å². The van der Waals surface area contributed by atoms with Crippen LogP contribution in [0.5, 0.6) is 0 Å². The van der Waals surface area contributed by atoms with E-state index < -0.39 is 0 Å². The summed E-state index contributed by atoms with van der Waals surface area (Å²) in [5.41, 5.74) is 6.60. The minimum atomic E-state index is -0.274. The lowest BCUT2D eigenvalue weighted by molar-refractivity contribution is -0.120. The minimum Gasteiger partial charge on any atom is -0.359 e. The summed E-state index contributed by atoms with van der Waals surface area (Å²) in [6.45, 7) is -0.0751. The average Bonchev–Trinajstić information content (AvgIpc) is 2.31. The van der Waals surface area contributed by atoms with Crippen molar-refractivity contribution in [2.24, 2.45) is 5.73 Å². The molecule has 0 bridgehead atoms. The molecule has 0 aliphatic heterocycles. The highest BCUT2D eigenvalue weighted by atomic mass is 16.2. The van der Waals surface area contributed by atoms with Crippen molar-refractivity contribution in [3.63, 3.8) is 0 Å². The van der Waals surface area contributed by atoms with Crippen LogP contribution in [0, 0.1) is 0 Å². The second kappa shape index (κ2) is 5.87. The number of hydrogen-bond acceptors (Lipinski definition) is 3. The van der Waals surface area contributed by atoms with E-state index in [1.807, 2.05) is 6.07 Å². The van der Waals surface area contributed by atoms with Gasteiger partial charge in [0.05, 0.1) is 13.0 Å². The normalized spacial score (nSPS) is 9.62. The Morgan fingerprint density at radius 3 is 2.56 bits per heavy atom. The van der Waals surface area contributed by atoms with Gasteiger partial charge in [-0.15, -0.1) is 0 Å². The van der Waals surface area contributed by atoms with Gasteiger partial charge in [-0.25, -0.2) is 0 Å². The SMILES string of the molecule is CNC(=O)Cc1ccccc1NC(=O)CN. The van der Waals surface area contributed by atoms with E-state index in [0.717, 1.165) is 5.56 Å². The molecule has 5 heteroatoms. The number of rotatable bonds is 4. The first-order chi connectivity index (χ1) is 7.67. The van der Waals surface area contributed by atoms with Crippen LogP contribution in [0.2, 0.25) is 0 Å². The van der Waals surface area contributed by atoms with Crippen molar-refractivity contribution in [1.82, 2.24) is 5.32 Å². The number of likely N-dealkylation sites (N-methyl/N-ethyl adjacent to an activating group) is 1. The van der Waals surface area contributed by atoms with Crippen LogP contribution in [0.4, 0.5) is 5.69 Å². The van der Waals surface area contributed by atoms with Crippen molar-refractivity contribution in [2.45, 2.75) is 6.42 Å². The smallest absolute Gasteiger partial charge is 0.238 e. The second-order valence-electron chi connectivity index (χ2n) is 3.26. The number of para-hydroxylation sites is 1. The van der Waals surface area contributed by atoms with Crippen molar-refractivity contribution in [3.05, 3.63) is 29.8 Å². The molecule has 0 heterocycles. The lowest BCUT2D eigenvalue weighted by Crippen LogP contribution is -2.24. The highest BCUT2D eigenvalue weighted by Gasteiger charge is 2.07. The van der Waals surface area contributed by atoms with E-state index in [9.17, 15) is 9.59 Å². The number of carbonyl (C=O) groups is 2. The summed E-state index contributed by atoms with van der Waals surface area (Å²) in [5, 5.41) is 5.18. The van der Waals surface area contributed by atoms with E-state index in [0.29, 0.717) is 5.69 Å². The Kier molecular flexibility index (Phi) is 4.47. The third-order valence-corrected chi connectivity index (χ3v) is 2.11.